The molecule has 0 bridgehead atoms. The van der Waals surface area contributed by atoms with Gasteiger partial charge in [0.2, 0.25) is 10.0 Å². The van der Waals surface area contributed by atoms with E-state index in [4.69, 9.17) is 0 Å². The Hall–Kier alpha value is -1.05. The molecular formula is C12H16F2N2O2S. The molecular weight excluding hydrogens is 274 g/mol. The van der Waals surface area contributed by atoms with Crippen LogP contribution >= 0.6 is 0 Å². The third kappa shape index (κ3) is 3.49. The summed E-state index contributed by atoms with van der Waals surface area (Å²) in [6, 6.07) is 3.26. The molecule has 1 heterocycles. The second-order valence-electron chi connectivity index (χ2n) is 4.53. The second kappa shape index (κ2) is 5.94. The number of hydrogen-bond acceptors (Lipinski definition) is 3. The summed E-state index contributed by atoms with van der Waals surface area (Å²) in [6.45, 7) is 1.09. The van der Waals surface area contributed by atoms with Gasteiger partial charge < -0.3 is 5.32 Å². The van der Waals surface area contributed by atoms with Gasteiger partial charge in [0, 0.05) is 12.6 Å². The molecule has 0 aromatic heterocycles. The Morgan fingerprint density at radius 2 is 2.00 bits per heavy atom. The summed E-state index contributed by atoms with van der Waals surface area (Å²) in [5, 5.41) is 3.22. The van der Waals surface area contributed by atoms with Gasteiger partial charge >= 0.3 is 0 Å². The van der Waals surface area contributed by atoms with Gasteiger partial charge in [0.15, 0.2) is 4.90 Å². The Morgan fingerprint density at radius 3 is 2.58 bits per heavy atom. The predicted octanol–water partition coefficient (Wildman–Crippen LogP) is 1.39. The normalized spacial score (nSPS) is 19.8. The van der Waals surface area contributed by atoms with Crippen LogP contribution in [-0.4, -0.2) is 27.5 Å². The van der Waals surface area contributed by atoms with Gasteiger partial charge in [0.05, 0.1) is 0 Å². The van der Waals surface area contributed by atoms with Crippen LogP contribution < -0.4 is 10.0 Å². The van der Waals surface area contributed by atoms with Crippen molar-refractivity contribution >= 4 is 10.0 Å². The van der Waals surface area contributed by atoms with Crippen LogP contribution in [0, 0.1) is 11.6 Å². The van der Waals surface area contributed by atoms with Crippen LogP contribution in [0.3, 0.4) is 0 Å². The van der Waals surface area contributed by atoms with E-state index in [9.17, 15) is 17.2 Å². The number of benzene rings is 1. The zero-order valence-corrected chi connectivity index (χ0v) is 11.1. The molecule has 1 fully saturated rings. The third-order valence-electron chi connectivity index (χ3n) is 3.13. The molecule has 2 N–H and O–H groups in total. The van der Waals surface area contributed by atoms with Crippen molar-refractivity contribution in [2.75, 3.05) is 13.1 Å². The van der Waals surface area contributed by atoms with Crippen molar-refractivity contribution in [2.24, 2.45) is 0 Å². The number of nitrogens with one attached hydrogen (secondary N) is 2. The summed E-state index contributed by atoms with van der Waals surface area (Å²) >= 11 is 0. The first-order chi connectivity index (χ1) is 9.00. The average Bonchev–Trinajstić information content (AvgIpc) is 2.81. The maximum Gasteiger partial charge on any atom is 0.246 e. The highest BCUT2D eigenvalue weighted by Gasteiger charge is 2.24. The molecule has 0 spiro atoms. The van der Waals surface area contributed by atoms with Gasteiger partial charge in [-0.05, 0) is 37.9 Å². The van der Waals surface area contributed by atoms with Gasteiger partial charge in [0.25, 0.3) is 0 Å². The van der Waals surface area contributed by atoms with Crippen LogP contribution in [0.25, 0.3) is 0 Å². The van der Waals surface area contributed by atoms with E-state index in [0.29, 0.717) is 6.42 Å². The van der Waals surface area contributed by atoms with Crippen LogP contribution in [0.1, 0.15) is 19.3 Å². The lowest BCUT2D eigenvalue weighted by Gasteiger charge is -2.12. The predicted molar refractivity (Wildman–Crippen MR) is 67.2 cm³/mol. The van der Waals surface area contributed by atoms with Crippen LogP contribution in [0.2, 0.25) is 0 Å². The fourth-order valence-corrected chi connectivity index (χ4v) is 3.36. The first kappa shape index (κ1) is 14.4. The van der Waals surface area contributed by atoms with Gasteiger partial charge in [0.1, 0.15) is 11.6 Å². The minimum absolute atomic E-state index is 0.160. The van der Waals surface area contributed by atoms with Crippen molar-refractivity contribution in [1.82, 2.24) is 10.0 Å². The van der Waals surface area contributed by atoms with Gasteiger partial charge in [-0.2, -0.15) is 0 Å². The molecule has 7 heteroatoms. The molecule has 0 saturated carbocycles. The van der Waals surface area contributed by atoms with E-state index in [0.717, 1.165) is 37.6 Å². The highest BCUT2D eigenvalue weighted by atomic mass is 32.2. The van der Waals surface area contributed by atoms with Gasteiger partial charge in [-0.25, -0.2) is 21.9 Å². The molecule has 1 saturated heterocycles. The molecule has 0 unspecified atom stereocenters. The third-order valence-corrected chi connectivity index (χ3v) is 4.65. The van der Waals surface area contributed by atoms with Crippen LogP contribution in [0.15, 0.2) is 23.1 Å². The summed E-state index contributed by atoms with van der Waals surface area (Å²) in [5.41, 5.74) is 0. The van der Waals surface area contributed by atoms with Gasteiger partial charge in [-0.1, -0.05) is 6.07 Å². The Kier molecular flexibility index (Phi) is 4.49. The zero-order valence-electron chi connectivity index (χ0n) is 10.3. The van der Waals surface area contributed by atoms with Gasteiger partial charge in [-0.15, -0.1) is 0 Å². The number of hydrogen-bond donors (Lipinski definition) is 2. The van der Waals surface area contributed by atoms with E-state index in [1.54, 1.807) is 0 Å². The molecule has 2 rings (SSSR count). The fraction of sp³-hybridized carbons (Fsp3) is 0.500. The minimum atomic E-state index is -4.14. The summed E-state index contributed by atoms with van der Waals surface area (Å²) in [5.74, 6) is -2.15. The van der Waals surface area contributed by atoms with Crippen molar-refractivity contribution in [3.05, 3.63) is 29.8 Å². The van der Waals surface area contributed by atoms with Crippen molar-refractivity contribution in [3.8, 4) is 0 Å². The summed E-state index contributed by atoms with van der Waals surface area (Å²) in [7, 11) is -4.14. The lowest BCUT2D eigenvalue weighted by molar-refractivity contribution is 0.507. The molecule has 1 atom stereocenters. The van der Waals surface area contributed by atoms with E-state index in [1.165, 1.54) is 0 Å². The lowest BCUT2D eigenvalue weighted by atomic mass is 10.2. The second-order valence-corrected chi connectivity index (χ2v) is 6.23. The first-order valence-corrected chi connectivity index (χ1v) is 7.66. The van der Waals surface area contributed by atoms with Crippen LogP contribution in [0.5, 0.6) is 0 Å². The molecule has 4 nitrogen and oxygen atoms in total. The average molecular weight is 290 g/mol. The maximum absolute atomic E-state index is 13.4. The fourth-order valence-electron chi connectivity index (χ4n) is 2.18. The number of rotatable bonds is 5. The molecule has 1 aliphatic rings. The van der Waals surface area contributed by atoms with E-state index in [-0.39, 0.29) is 12.6 Å². The Bertz CT molecular complexity index is 522. The quantitative estimate of drug-likeness (QED) is 0.861. The standard InChI is InChI=1S/C12H16F2N2O2S/c13-10-4-1-5-11(14)12(10)19(17,18)16-8-6-9-3-2-7-15-9/h1,4-5,9,15-16H,2-3,6-8H2/t9-/m1/s1. The molecule has 0 radical (unpaired) electrons. The van der Waals surface area contributed by atoms with Crippen LogP contribution in [0.4, 0.5) is 8.78 Å². The van der Waals surface area contributed by atoms with E-state index < -0.39 is 26.6 Å². The Balaban J connectivity index is 2.01. The molecule has 1 aliphatic heterocycles. The molecule has 19 heavy (non-hydrogen) atoms. The van der Waals surface area contributed by atoms with Crippen molar-refractivity contribution in [3.63, 3.8) is 0 Å². The largest absolute Gasteiger partial charge is 0.314 e. The summed E-state index contributed by atoms with van der Waals surface area (Å²) in [4.78, 5) is -0.908. The topological polar surface area (TPSA) is 58.2 Å². The Morgan fingerprint density at radius 1 is 1.32 bits per heavy atom. The Labute approximate surface area is 111 Å². The highest BCUT2D eigenvalue weighted by Crippen LogP contribution is 2.18. The van der Waals surface area contributed by atoms with Crippen LogP contribution in [-0.2, 0) is 10.0 Å². The monoisotopic (exact) mass is 290 g/mol. The summed E-state index contributed by atoms with van der Waals surface area (Å²) < 4.78 is 52.7. The lowest BCUT2D eigenvalue weighted by Crippen LogP contribution is -2.31. The molecule has 0 aliphatic carbocycles. The molecule has 0 amide bonds. The summed E-state index contributed by atoms with van der Waals surface area (Å²) in [6.07, 6.45) is 2.67. The van der Waals surface area contributed by atoms with E-state index in [1.807, 2.05) is 0 Å². The van der Waals surface area contributed by atoms with Crippen molar-refractivity contribution < 1.29 is 17.2 Å². The number of halogens is 2. The van der Waals surface area contributed by atoms with E-state index >= 15 is 0 Å². The maximum atomic E-state index is 13.4. The first-order valence-electron chi connectivity index (χ1n) is 6.18. The highest BCUT2D eigenvalue weighted by molar-refractivity contribution is 7.89. The zero-order chi connectivity index (χ0) is 13.9. The molecule has 1 aromatic rings. The molecule has 1 aromatic carbocycles. The minimum Gasteiger partial charge on any atom is -0.314 e. The van der Waals surface area contributed by atoms with Crippen molar-refractivity contribution in [1.29, 1.82) is 0 Å². The van der Waals surface area contributed by atoms with Gasteiger partial charge in [-0.3, -0.25) is 0 Å². The smallest absolute Gasteiger partial charge is 0.246 e. The molecule has 106 valence electrons. The van der Waals surface area contributed by atoms with E-state index in [2.05, 4.69) is 10.0 Å². The number of sulfonamides is 1. The SMILES string of the molecule is O=S(=O)(NCC[C@H]1CCCN1)c1c(F)cccc1F. The van der Waals surface area contributed by atoms with Crippen molar-refractivity contribution in [2.45, 2.75) is 30.2 Å².